The monoisotopic (exact) mass is 241 g/mol. The highest BCUT2D eigenvalue weighted by molar-refractivity contribution is 7.77. The molecule has 90 valence electrons. The van der Waals surface area contributed by atoms with Crippen molar-refractivity contribution < 1.29 is 8.76 Å². The Morgan fingerprint density at radius 2 is 1.62 bits per heavy atom. The normalized spacial score (nSPS) is 47.4. The molecule has 0 saturated heterocycles. The minimum absolute atomic E-state index is 0.348. The molecule has 16 heavy (non-hydrogen) atoms. The standard InChI is InChI=1S/C12H19NO2S/c14-16(15)13-2-1-12-6-9-3-10(7-12)5-11(4-9)8-12/h1-2,9-11,13H,3-8H2,(H,14,15). The molecule has 0 aliphatic heterocycles. The molecule has 4 heteroatoms. The van der Waals surface area contributed by atoms with Crippen LogP contribution in [0.4, 0.5) is 0 Å². The van der Waals surface area contributed by atoms with E-state index in [-0.39, 0.29) is 0 Å². The van der Waals surface area contributed by atoms with Crippen LogP contribution in [-0.4, -0.2) is 8.76 Å². The van der Waals surface area contributed by atoms with Crippen LogP contribution < -0.4 is 4.72 Å². The molecule has 0 aromatic rings. The quantitative estimate of drug-likeness (QED) is 0.746. The Morgan fingerprint density at radius 1 is 1.12 bits per heavy atom. The summed E-state index contributed by atoms with van der Waals surface area (Å²) < 4.78 is 21.7. The molecule has 4 aliphatic carbocycles. The average Bonchev–Trinajstić information content (AvgIpc) is 2.13. The maximum Gasteiger partial charge on any atom is 0.258 e. The Bertz CT molecular complexity index is 305. The summed E-state index contributed by atoms with van der Waals surface area (Å²) in [7, 11) is 0. The van der Waals surface area contributed by atoms with Crippen molar-refractivity contribution in [2.75, 3.05) is 0 Å². The summed E-state index contributed by atoms with van der Waals surface area (Å²) in [5.41, 5.74) is 0.348. The molecule has 0 amide bonds. The van der Waals surface area contributed by atoms with Gasteiger partial charge < -0.3 is 0 Å². The molecular formula is C12H19NO2S. The Kier molecular flexibility index (Phi) is 2.59. The van der Waals surface area contributed by atoms with Crippen LogP contribution in [0.5, 0.6) is 0 Å². The average molecular weight is 241 g/mol. The maximum absolute atomic E-state index is 10.5. The molecule has 4 rings (SSSR count). The summed E-state index contributed by atoms with van der Waals surface area (Å²) in [6, 6.07) is 0. The summed E-state index contributed by atoms with van der Waals surface area (Å²) in [6.45, 7) is 0. The second-order valence-electron chi connectivity index (χ2n) is 5.98. The SMILES string of the molecule is O=S(O)NC=CC12CC3CC(CC(C3)C1)C2. The van der Waals surface area contributed by atoms with Crippen LogP contribution in [-0.2, 0) is 11.3 Å². The van der Waals surface area contributed by atoms with Gasteiger partial charge in [0.05, 0.1) is 0 Å². The van der Waals surface area contributed by atoms with E-state index in [4.69, 9.17) is 4.55 Å². The van der Waals surface area contributed by atoms with Gasteiger partial charge in [-0.3, -0.25) is 9.27 Å². The molecule has 1 unspecified atom stereocenters. The number of rotatable bonds is 3. The van der Waals surface area contributed by atoms with Crippen LogP contribution in [0.15, 0.2) is 12.3 Å². The molecular weight excluding hydrogens is 222 g/mol. The molecule has 0 aromatic heterocycles. The van der Waals surface area contributed by atoms with Crippen LogP contribution >= 0.6 is 0 Å². The lowest BCUT2D eigenvalue weighted by Gasteiger charge is -2.55. The van der Waals surface area contributed by atoms with E-state index in [1.807, 2.05) is 0 Å². The zero-order valence-electron chi connectivity index (χ0n) is 9.39. The molecule has 4 bridgehead atoms. The van der Waals surface area contributed by atoms with Gasteiger partial charge in [-0.05, 0) is 61.7 Å². The number of nitrogens with one attached hydrogen (secondary N) is 1. The molecule has 4 fully saturated rings. The molecule has 0 aromatic carbocycles. The van der Waals surface area contributed by atoms with E-state index in [2.05, 4.69) is 10.8 Å². The first-order valence-electron chi connectivity index (χ1n) is 6.20. The van der Waals surface area contributed by atoms with Gasteiger partial charge >= 0.3 is 0 Å². The molecule has 0 spiro atoms. The molecule has 4 saturated carbocycles. The predicted molar refractivity (Wildman–Crippen MR) is 63.7 cm³/mol. The Morgan fingerprint density at radius 3 is 2.06 bits per heavy atom. The first-order chi connectivity index (χ1) is 7.65. The van der Waals surface area contributed by atoms with Gasteiger partial charge in [-0.15, -0.1) is 0 Å². The summed E-state index contributed by atoms with van der Waals surface area (Å²) in [5.74, 6) is 2.78. The number of hydrogen-bond donors (Lipinski definition) is 2. The van der Waals surface area contributed by atoms with Crippen molar-refractivity contribution in [1.29, 1.82) is 0 Å². The second kappa shape index (κ2) is 3.84. The molecule has 4 aliphatic rings. The molecule has 2 N–H and O–H groups in total. The molecule has 0 radical (unpaired) electrons. The van der Waals surface area contributed by atoms with E-state index in [0.29, 0.717) is 5.41 Å². The zero-order valence-corrected chi connectivity index (χ0v) is 10.2. The second-order valence-corrected chi connectivity index (χ2v) is 6.71. The summed E-state index contributed by atoms with van der Waals surface area (Å²) in [6.07, 6.45) is 12.1. The lowest BCUT2D eigenvalue weighted by atomic mass is 9.50. The van der Waals surface area contributed by atoms with E-state index >= 15 is 0 Å². The maximum atomic E-state index is 10.5. The smallest absolute Gasteiger partial charge is 0.258 e. The molecule has 0 heterocycles. The highest BCUT2D eigenvalue weighted by atomic mass is 32.2. The van der Waals surface area contributed by atoms with E-state index in [0.717, 1.165) is 17.8 Å². The minimum atomic E-state index is -1.92. The van der Waals surface area contributed by atoms with E-state index in [1.54, 1.807) is 6.20 Å². The molecule has 1 atom stereocenters. The highest BCUT2D eigenvalue weighted by Gasteiger charge is 2.49. The summed E-state index contributed by atoms with van der Waals surface area (Å²) >= 11 is -1.92. The Balaban J connectivity index is 1.73. The lowest BCUT2D eigenvalue weighted by Crippen LogP contribution is -2.45. The lowest BCUT2D eigenvalue weighted by molar-refractivity contribution is -0.0238. The fraction of sp³-hybridized carbons (Fsp3) is 0.833. The first-order valence-corrected chi connectivity index (χ1v) is 7.31. The Hall–Kier alpha value is -0.350. The minimum Gasteiger partial charge on any atom is -0.290 e. The van der Waals surface area contributed by atoms with Gasteiger partial charge in [-0.1, -0.05) is 6.08 Å². The van der Waals surface area contributed by atoms with Gasteiger partial charge in [0.1, 0.15) is 0 Å². The third-order valence-corrected chi connectivity index (χ3v) is 5.03. The van der Waals surface area contributed by atoms with E-state index in [9.17, 15) is 4.21 Å². The van der Waals surface area contributed by atoms with Crippen molar-refractivity contribution >= 4 is 11.3 Å². The third-order valence-electron chi connectivity index (χ3n) is 4.69. The van der Waals surface area contributed by atoms with Crippen molar-refractivity contribution in [3.05, 3.63) is 12.3 Å². The topological polar surface area (TPSA) is 49.3 Å². The summed E-state index contributed by atoms with van der Waals surface area (Å²) in [5, 5.41) is 0. The highest BCUT2D eigenvalue weighted by Crippen LogP contribution is 2.60. The van der Waals surface area contributed by atoms with Gasteiger partial charge in [-0.25, -0.2) is 4.21 Å². The van der Waals surface area contributed by atoms with Crippen LogP contribution in [0.25, 0.3) is 0 Å². The predicted octanol–water partition coefficient (Wildman–Crippen LogP) is 2.44. The van der Waals surface area contributed by atoms with Crippen LogP contribution in [0.2, 0.25) is 0 Å². The van der Waals surface area contributed by atoms with Crippen LogP contribution in [0, 0.1) is 23.2 Å². The van der Waals surface area contributed by atoms with Crippen molar-refractivity contribution in [1.82, 2.24) is 4.72 Å². The van der Waals surface area contributed by atoms with Gasteiger partial charge in [-0.2, -0.15) is 0 Å². The van der Waals surface area contributed by atoms with Crippen molar-refractivity contribution in [3.63, 3.8) is 0 Å². The number of allylic oxidation sites excluding steroid dienone is 1. The van der Waals surface area contributed by atoms with Gasteiger partial charge in [0.15, 0.2) is 0 Å². The van der Waals surface area contributed by atoms with E-state index < -0.39 is 11.3 Å². The van der Waals surface area contributed by atoms with Gasteiger partial charge in [0, 0.05) is 6.20 Å². The fourth-order valence-corrected chi connectivity index (χ4v) is 4.84. The first kappa shape index (κ1) is 10.8. The summed E-state index contributed by atoms with van der Waals surface area (Å²) in [4.78, 5) is 0. The van der Waals surface area contributed by atoms with Gasteiger partial charge in [0.2, 0.25) is 0 Å². The van der Waals surface area contributed by atoms with Crippen molar-refractivity contribution in [2.45, 2.75) is 38.5 Å². The fourth-order valence-electron chi connectivity index (χ4n) is 4.65. The van der Waals surface area contributed by atoms with Crippen molar-refractivity contribution in [2.24, 2.45) is 23.2 Å². The number of hydrogen-bond acceptors (Lipinski definition) is 1. The van der Waals surface area contributed by atoms with Crippen LogP contribution in [0.3, 0.4) is 0 Å². The molecule has 3 nitrogen and oxygen atoms in total. The van der Waals surface area contributed by atoms with Crippen molar-refractivity contribution in [3.8, 4) is 0 Å². The van der Waals surface area contributed by atoms with Gasteiger partial charge in [0.25, 0.3) is 11.3 Å². The third kappa shape index (κ3) is 1.93. The zero-order chi connectivity index (χ0) is 11.2. The van der Waals surface area contributed by atoms with Crippen LogP contribution in [0.1, 0.15) is 38.5 Å². The Labute approximate surface area is 99.1 Å². The van der Waals surface area contributed by atoms with E-state index in [1.165, 1.54) is 38.5 Å². The largest absolute Gasteiger partial charge is 0.290 e.